The Morgan fingerprint density at radius 1 is 1.09 bits per heavy atom. The van der Waals surface area contributed by atoms with Crippen molar-refractivity contribution in [2.24, 2.45) is 0 Å². The summed E-state index contributed by atoms with van der Waals surface area (Å²) in [7, 11) is 1.23. The summed E-state index contributed by atoms with van der Waals surface area (Å²) >= 11 is 0. The van der Waals surface area contributed by atoms with Crippen LogP contribution in [0, 0.1) is 0 Å². The zero-order valence-electron chi connectivity index (χ0n) is 14.7. The van der Waals surface area contributed by atoms with Crippen molar-refractivity contribution in [3.63, 3.8) is 0 Å². The third-order valence-electron chi connectivity index (χ3n) is 4.53. The summed E-state index contributed by atoms with van der Waals surface area (Å²) in [6.07, 6.45) is 0. The molecule has 1 aromatic carbocycles. The Kier molecular flexibility index (Phi) is 4.90. The third-order valence-corrected chi connectivity index (χ3v) is 4.53. The highest BCUT2D eigenvalue weighted by Gasteiger charge is 2.52. The number of rotatable bonds is 5. The van der Waals surface area contributed by atoms with Crippen molar-refractivity contribution in [2.45, 2.75) is 58.7 Å². The van der Waals surface area contributed by atoms with E-state index in [0.29, 0.717) is 5.92 Å². The van der Waals surface area contributed by atoms with Gasteiger partial charge in [-0.15, -0.1) is 0 Å². The minimum Gasteiger partial charge on any atom is -0.468 e. The fourth-order valence-corrected chi connectivity index (χ4v) is 2.47. The van der Waals surface area contributed by atoms with Crippen LogP contribution in [0.25, 0.3) is 0 Å². The lowest BCUT2D eigenvalue weighted by molar-refractivity contribution is 0.00578. The fourth-order valence-electron chi connectivity index (χ4n) is 2.47. The molecule has 0 aromatic heterocycles. The molecule has 0 N–H and O–H groups in total. The maximum atomic E-state index is 6.19. The molecule has 1 aliphatic heterocycles. The van der Waals surface area contributed by atoms with Crippen molar-refractivity contribution in [1.82, 2.24) is 0 Å². The number of methoxy groups -OCH3 is 1. The quantitative estimate of drug-likeness (QED) is 0.619. The molecule has 1 saturated heterocycles. The highest BCUT2D eigenvalue weighted by Crippen LogP contribution is 2.37. The zero-order chi connectivity index (χ0) is 16.5. The van der Waals surface area contributed by atoms with Gasteiger partial charge in [-0.05, 0) is 56.8 Å². The molecule has 4 nitrogen and oxygen atoms in total. The minimum absolute atomic E-state index is 0.226. The van der Waals surface area contributed by atoms with E-state index in [1.807, 2.05) is 12.1 Å². The van der Waals surface area contributed by atoms with E-state index in [4.69, 9.17) is 18.8 Å². The average Bonchev–Trinajstić information content (AvgIpc) is 2.64. The molecule has 0 radical (unpaired) electrons. The second kappa shape index (κ2) is 6.22. The molecule has 0 amide bonds. The van der Waals surface area contributed by atoms with Gasteiger partial charge >= 0.3 is 7.12 Å². The van der Waals surface area contributed by atoms with Crippen LogP contribution in [0.2, 0.25) is 0 Å². The van der Waals surface area contributed by atoms with Gasteiger partial charge < -0.3 is 18.8 Å². The van der Waals surface area contributed by atoms with Crippen molar-refractivity contribution in [3.8, 4) is 5.75 Å². The van der Waals surface area contributed by atoms with E-state index in [0.717, 1.165) is 11.2 Å². The molecular weight excluding hydrogens is 279 g/mol. The first-order chi connectivity index (χ1) is 10.2. The molecule has 0 atom stereocenters. The molecule has 1 aliphatic rings. The van der Waals surface area contributed by atoms with Gasteiger partial charge in [0, 0.05) is 7.11 Å². The van der Waals surface area contributed by atoms with Crippen molar-refractivity contribution < 1.29 is 18.8 Å². The summed E-state index contributed by atoms with van der Waals surface area (Å²) in [6.45, 7) is 12.8. The highest BCUT2D eigenvalue weighted by atomic mass is 16.7. The molecule has 0 bridgehead atoms. The van der Waals surface area contributed by atoms with Gasteiger partial charge in [0.25, 0.3) is 0 Å². The molecule has 0 unspecified atom stereocenters. The largest absolute Gasteiger partial charge is 0.495 e. The van der Waals surface area contributed by atoms with E-state index < -0.39 is 0 Å². The number of benzene rings is 1. The molecule has 1 heterocycles. The van der Waals surface area contributed by atoms with E-state index in [1.165, 1.54) is 5.56 Å². The van der Waals surface area contributed by atoms with Crippen LogP contribution in [0.15, 0.2) is 18.2 Å². The van der Waals surface area contributed by atoms with Gasteiger partial charge in [0.15, 0.2) is 6.79 Å². The van der Waals surface area contributed by atoms with Crippen LogP contribution < -0.4 is 10.2 Å². The second-order valence-corrected chi connectivity index (χ2v) is 7.08. The Hall–Kier alpha value is -1.04. The fraction of sp³-hybridized carbons (Fsp3) is 0.647. The molecule has 22 heavy (non-hydrogen) atoms. The van der Waals surface area contributed by atoms with Crippen molar-refractivity contribution in [2.75, 3.05) is 13.9 Å². The zero-order valence-corrected chi connectivity index (χ0v) is 14.7. The van der Waals surface area contributed by atoms with Gasteiger partial charge in [0.1, 0.15) is 5.75 Å². The van der Waals surface area contributed by atoms with Crippen LogP contribution in [0.4, 0.5) is 0 Å². The monoisotopic (exact) mass is 306 g/mol. The molecular formula is C17H27BO4. The predicted molar refractivity (Wildman–Crippen MR) is 88.8 cm³/mol. The van der Waals surface area contributed by atoms with Crippen LogP contribution in [-0.2, 0) is 14.0 Å². The molecule has 1 fully saturated rings. The standard InChI is InChI=1S/C17H27BO4/c1-12(2)14-9-8-13(20-11-19-7)10-15(14)18-21-16(3,4)17(5,6)22-18/h8-10,12H,11H2,1-7H3. The summed E-state index contributed by atoms with van der Waals surface area (Å²) < 4.78 is 22.9. The lowest BCUT2D eigenvalue weighted by atomic mass is 9.73. The molecule has 5 heteroatoms. The van der Waals surface area contributed by atoms with Crippen molar-refractivity contribution in [1.29, 1.82) is 0 Å². The van der Waals surface area contributed by atoms with E-state index in [9.17, 15) is 0 Å². The maximum Gasteiger partial charge on any atom is 0.495 e. The van der Waals surface area contributed by atoms with Gasteiger partial charge in [-0.2, -0.15) is 0 Å². The van der Waals surface area contributed by atoms with E-state index >= 15 is 0 Å². The van der Waals surface area contributed by atoms with Gasteiger partial charge in [-0.25, -0.2) is 0 Å². The lowest BCUT2D eigenvalue weighted by Crippen LogP contribution is -2.41. The molecule has 0 spiro atoms. The van der Waals surface area contributed by atoms with E-state index in [1.54, 1.807) is 7.11 Å². The molecule has 1 aromatic rings. The first-order valence-electron chi connectivity index (χ1n) is 7.79. The predicted octanol–water partition coefficient (Wildman–Crippen LogP) is 3.09. The van der Waals surface area contributed by atoms with Gasteiger partial charge in [-0.1, -0.05) is 19.9 Å². The van der Waals surface area contributed by atoms with Crippen LogP contribution >= 0.6 is 0 Å². The summed E-state index contributed by atoms with van der Waals surface area (Å²) in [6, 6.07) is 6.04. The maximum absolute atomic E-state index is 6.19. The van der Waals surface area contributed by atoms with Gasteiger partial charge in [0.05, 0.1) is 11.2 Å². The van der Waals surface area contributed by atoms with Crippen LogP contribution in [-0.4, -0.2) is 32.2 Å². The van der Waals surface area contributed by atoms with Crippen molar-refractivity contribution >= 4 is 12.6 Å². The average molecular weight is 306 g/mol. The molecule has 0 aliphatic carbocycles. The molecule has 0 saturated carbocycles. The first kappa shape index (κ1) is 17.3. The summed E-state index contributed by atoms with van der Waals surface area (Å²) in [4.78, 5) is 0. The Bertz CT molecular complexity index is 509. The SMILES string of the molecule is COCOc1ccc(C(C)C)c(B2OC(C)(C)C(C)(C)O2)c1. The normalized spacial score (nSPS) is 19.7. The van der Waals surface area contributed by atoms with Gasteiger partial charge in [-0.3, -0.25) is 0 Å². The summed E-state index contributed by atoms with van der Waals surface area (Å²) in [5.74, 6) is 1.14. The molecule has 2 rings (SSSR count). The molecule has 122 valence electrons. The van der Waals surface area contributed by atoms with Crippen LogP contribution in [0.1, 0.15) is 53.0 Å². The first-order valence-corrected chi connectivity index (χ1v) is 7.79. The number of hydrogen-bond donors (Lipinski definition) is 0. The van der Waals surface area contributed by atoms with Crippen LogP contribution in [0.5, 0.6) is 5.75 Å². The van der Waals surface area contributed by atoms with Crippen molar-refractivity contribution in [3.05, 3.63) is 23.8 Å². The lowest BCUT2D eigenvalue weighted by Gasteiger charge is -2.32. The van der Waals surface area contributed by atoms with Crippen LogP contribution in [0.3, 0.4) is 0 Å². The second-order valence-electron chi connectivity index (χ2n) is 7.08. The Labute approximate surface area is 134 Å². The summed E-state index contributed by atoms with van der Waals surface area (Å²) in [5.41, 5.74) is 1.54. The Morgan fingerprint density at radius 3 is 2.18 bits per heavy atom. The highest BCUT2D eigenvalue weighted by molar-refractivity contribution is 6.62. The Morgan fingerprint density at radius 2 is 1.68 bits per heavy atom. The van der Waals surface area contributed by atoms with E-state index in [-0.39, 0.29) is 25.1 Å². The smallest absolute Gasteiger partial charge is 0.468 e. The number of hydrogen-bond acceptors (Lipinski definition) is 4. The van der Waals surface area contributed by atoms with E-state index in [2.05, 4.69) is 47.6 Å². The summed E-state index contributed by atoms with van der Waals surface area (Å²) in [5, 5.41) is 0. The number of ether oxygens (including phenoxy) is 2. The minimum atomic E-state index is -0.381. The topological polar surface area (TPSA) is 36.9 Å². The Balaban J connectivity index is 2.36. The van der Waals surface area contributed by atoms with Gasteiger partial charge in [0.2, 0.25) is 0 Å². The third kappa shape index (κ3) is 3.32.